The maximum absolute atomic E-state index is 11.1. The zero-order valence-corrected chi connectivity index (χ0v) is 11.4. The second-order valence-electron chi connectivity index (χ2n) is 4.88. The average molecular weight is 263 g/mol. The van der Waals surface area contributed by atoms with Crippen molar-refractivity contribution in [1.82, 2.24) is 4.98 Å². The van der Waals surface area contributed by atoms with Crippen molar-refractivity contribution in [2.75, 3.05) is 0 Å². The summed E-state index contributed by atoms with van der Waals surface area (Å²) in [5.74, 6) is 0.645. The number of benzene rings is 1. The van der Waals surface area contributed by atoms with Crippen molar-refractivity contribution in [3.8, 4) is 5.88 Å². The fourth-order valence-corrected chi connectivity index (χ4v) is 2.68. The molecular formula is C14H17NO2S. The third-order valence-corrected chi connectivity index (χ3v) is 3.60. The quantitative estimate of drug-likeness (QED) is 0.891. The largest absolute Gasteiger partial charge is 0.494 e. The summed E-state index contributed by atoms with van der Waals surface area (Å²) in [6.45, 7) is 4.40. The fourth-order valence-electron chi connectivity index (χ4n) is 1.92. The van der Waals surface area contributed by atoms with Crippen LogP contribution in [0.4, 0.5) is 0 Å². The minimum absolute atomic E-state index is 0.00347. The molecule has 0 aliphatic rings. The van der Waals surface area contributed by atoms with Crippen LogP contribution in [0, 0.1) is 5.92 Å². The monoisotopic (exact) mass is 263 g/mol. The highest BCUT2D eigenvalue weighted by Gasteiger charge is 2.07. The second kappa shape index (κ2) is 5.40. The molecule has 0 radical (unpaired) electrons. The van der Waals surface area contributed by atoms with E-state index in [4.69, 9.17) is 0 Å². The van der Waals surface area contributed by atoms with Gasteiger partial charge in [0.05, 0.1) is 4.88 Å². The molecule has 2 rings (SSSR count). The molecule has 0 fully saturated rings. The Bertz CT molecular complexity index is 566. The van der Waals surface area contributed by atoms with Gasteiger partial charge >= 0.3 is 4.87 Å². The Kier molecular flexibility index (Phi) is 3.87. The van der Waals surface area contributed by atoms with Crippen LogP contribution in [0.15, 0.2) is 29.1 Å². The summed E-state index contributed by atoms with van der Waals surface area (Å²) in [5, 5.41) is 9.52. The van der Waals surface area contributed by atoms with E-state index in [1.807, 2.05) is 0 Å². The van der Waals surface area contributed by atoms with E-state index in [0.717, 1.165) is 23.3 Å². The summed E-state index contributed by atoms with van der Waals surface area (Å²) in [6, 6.07) is 8.34. The lowest BCUT2D eigenvalue weighted by molar-refractivity contribution is 0.451. The summed E-state index contributed by atoms with van der Waals surface area (Å²) in [6.07, 6.45) is 1.67. The van der Waals surface area contributed by atoms with Crippen molar-refractivity contribution < 1.29 is 5.11 Å². The smallest absolute Gasteiger partial charge is 0.307 e. The minimum atomic E-state index is -0.209. The topological polar surface area (TPSA) is 53.1 Å². The van der Waals surface area contributed by atoms with Crippen LogP contribution in [0.5, 0.6) is 5.88 Å². The van der Waals surface area contributed by atoms with Crippen LogP contribution in [0.2, 0.25) is 0 Å². The molecule has 2 N–H and O–H groups in total. The summed E-state index contributed by atoms with van der Waals surface area (Å²) < 4.78 is 0. The molecular weight excluding hydrogens is 246 g/mol. The molecule has 1 heterocycles. The predicted molar refractivity (Wildman–Crippen MR) is 74.4 cm³/mol. The van der Waals surface area contributed by atoms with Crippen molar-refractivity contribution >= 4 is 11.3 Å². The molecule has 2 aromatic rings. The molecule has 18 heavy (non-hydrogen) atoms. The van der Waals surface area contributed by atoms with Gasteiger partial charge in [-0.15, -0.1) is 0 Å². The van der Waals surface area contributed by atoms with E-state index in [9.17, 15) is 9.90 Å². The SMILES string of the molecule is CC(C)Cc1ccc(Cc2sc(=O)[nH]c2O)cc1. The van der Waals surface area contributed by atoms with E-state index in [1.165, 1.54) is 5.56 Å². The average Bonchev–Trinajstić information content (AvgIpc) is 2.59. The summed E-state index contributed by atoms with van der Waals surface area (Å²) in [7, 11) is 0. The highest BCUT2D eigenvalue weighted by Crippen LogP contribution is 2.20. The van der Waals surface area contributed by atoms with Crippen LogP contribution in [-0.4, -0.2) is 10.1 Å². The number of H-pyrrole nitrogens is 1. The number of aromatic nitrogens is 1. The highest BCUT2D eigenvalue weighted by atomic mass is 32.1. The third-order valence-electron chi connectivity index (χ3n) is 2.73. The molecule has 0 spiro atoms. The number of hydrogen-bond donors (Lipinski definition) is 2. The van der Waals surface area contributed by atoms with Gasteiger partial charge in [-0.25, -0.2) is 0 Å². The maximum Gasteiger partial charge on any atom is 0.307 e. The van der Waals surface area contributed by atoms with Crippen LogP contribution in [0.25, 0.3) is 0 Å². The first-order valence-electron chi connectivity index (χ1n) is 6.03. The normalized spacial score (nSPS) is 11.1. The molecule has 0 saturated heterocycles. The molecule has 1 aromatic heterocycles. The van der Waals surface area contributed by atoms with E-state index in [2.05, 4.69) is 43.1 Å². The van der Waals surface area contributed by atoms with Gasteiger partial charge < -0.3 is 5.11 Å². The second-order valence-corrected chi connectivity index (χ2v) is 5.95. The zero-order valence-electron chi connectivity index (χ0n) is 10.6. The van der Waals surface area contributed by atoms with E-state index in [1.54, 1.807) is 0 Å². The third kappa shape index (κ3) is 3.23. The van der Waals surface area contributed by atoms with Gasteiger partial charge in [-0.3, -0.25) is 9.78 Å². The van der Waals surface area contributed by atoms with E-state index >= 15 is 0 Å². The highest BCUT2D eigenvalue weighted by molar-refractivity contribution is 7.09. The number of aromatic hydroxyl groups is 1. The van der Waals surface area contributed by atoms with Gasteiger partial charge in [0.1, 0.15) is 0 Å². The number of nitrogens with one attached hydrogen (secondary N) is 1. The van der Waals surface area contributed by atoms with E-state index in [0.29, 0.717) is 17.2 Å². The number of rotatable bonds is 4. The number of hydrogen-bond acceptors (Lipinski definition) is 3. The Hall–Kier alpha value is -1.55. The Morgan fingerprint density at radius 2 is 1.83 bits per heavy atom. The fraction of sp³-hybridized carbons (Fsp3) is 0.357. The van der Waals surface area contributed by atoms with Crippen molar-refractivity contribution in [1.29, 1.82) is 0 Å². The van der Waals surface area contributed by atoms with Gasteiger partial charge in [-0.1, -0.05) is 49.4 Å². The lowest BCUT2D eigenvalue weighted by atomic mass is 10.0. The van der Waals surface area contributed by atoms with Gasteiger partial charge in [-0.2, -0.15) is 0 Å². The van der Waals surface area contributed by atoms with E-state index in [-0.39, 0.29) is 10.8 Å². The van der Waals surface area contributed by atoms with Crippen LogP contribution >= 0.6 is 11.3 Å². The Morgan fingerprint density at radius 1 is 1.22 bits per heavy atom. The van der Waals surface area contributed by atoms with E-state index < -0.39 is 0 Å². The first-order valence-corrected chi connectivity index (χ1v) is 6.85. The first-order chi connectivity index (χ1) is 8.54. The van der Waals surface area contributed by atoms with Crippen LogP contribution in [-0.2, 0) is 12.8 Å². The maximum atomic E-state index is 11.1. The lowest BCUT2D eigenvalue weighted by Gasteiger charge is -2.06. The molecule has 0 aliphatic carbocycles. The first kappa shape index (κ1) is 12.9. The molecule has 0 saturated carbocycles. The van der Waals surface area contributed by atoms with Crippen molar-refractivity contribution in [3.05, 3.63) is 49.9 Å². The van der Waals surface area contributed by atoms with Crippen molar-refractivity contribution in [2.24, 2.45) is 5.92 Å². The van der Waals surface area contributed by atoms with Crippen LogP contribution < -0.4 is 4.87 Å². The Balaban J connectivity index is 2.11. The Morgan fingerprint density at radius 3 is 2.33 bits per heavy atom. The van der Waals surface area contributed by atoms with Gasteiger partial charge in [0.15, 0.2) is 0 Å². The van der Waals surface area contributed by atoms with Gasteiger partial charge in [-0.05, 0) is 23.5 Å². The number of aromatic amines is 1. The molecule has 96 valence electrons. The molecule has 1 aromatic carbocycles. The van der Waals surface area contributed by atoms with Gasteiger partial charge in [0.2, 0.25) is 5.88 Å². The molecule has 4 heteroatoms. The Labute approximate surface area is 110 Å². The molecule has 0 atom stereocenters. The summed E-state index contributed by atoms with van der Waals surface area (Å²) in [5.41, 5.74) is 2.42. The predicted octanol–water partition coefficient (Wildman–Crippen LogP) is 2.93. The summed E-state index contributed by atoms with van der Waals surface area (Å²) >= 11 is 1.06. The van der Waals surface area contributed by atoms with Crippen LogP contribution in [0.1, 0.15) is 29.9 Å². The minimum Gasteiger partial charge on any atom is -0.494 e. The molecule has 3 nitrogen and oxygen atoms in total. The number of thiazole rings is 1. The zero-order chi connectivity index (χ0) is 13.1. The molecule has 0 aliphatic heterocycles. The van der Waals surface area contributed by atoms with Crippen molar-refractivity contribution in [2.45, 2.75) is 26.7 Å². The molecule has 0 amide bonds. The summed E-state index contributed by atoms with van der Waals surface area (Å²) in [4.78, 5) is 13.9. The van der Waals surface area contributed by atoms with Crippen molar-refractivity contribution in [3.63, 3.8) is 0 Å². The van der Waals surface area contributed by atoms with Gasteiger partial charge in [0.25, 0.3) is 0 Å². The van der Waals surface area contributed by atoms with Gasteiger partial charge in [0, 0.05) is 6.42 Å². The molecule has 0 unspecified atom stereocenters. The standard InChI is InChI=1S/C14H17NO2S/c1-9(2)7-10-3-5-11(6-4-10)8-12-13(16)15-14(17)18-12/h3-6,9,16H,7-8H2,1-2H3,(H,15,17). The molecule has 0 bridgehead atoms. The lowest BCUT2D eigenvalue weighted by Crippen LogP contribution is -1.94. The van der Waals surface area contributed by atoms with Crippen LogP contribution in [0.3, 0.4) is 0 Å².